The maximum Gasteiger partial charge on any atom is 0.126 e. The normalized spacial score (nSPS) is 10.7. The smallest absolute Gasteiger partial charge is 0.126 e. The van der Waals surface area contributed by atoms with Gasteiger partial charge in [0, 0.05) is 0 Å². The number of benzene rings is 2. The average molecular weight is 254 g/mol. The second kappa shape index (κ2) is 4.53. The van der Waals surface area contributed by atoms with Crippen LogP contribution < -0.4 is 11.2 Å². The molecule has 0 atom stereocenters. The lowest BCUT2D eigenvalue weighted by Crippen LogP contribution is -2.16. The molecule has 5 nitrogen and oxygen atoms in total. The van der Waals surface area contributed by atoms with Gasteiger partial charge in [-0.25, -0.2) is 0 Å². The van der Waals surface area contributed by atoms with Crippen LogP contribution in [0.4, 0.5) is 5.69 Å². The van der Waals surface area contributed by atoms with Crippen LogP contribution in [-0.2, 0) is 6.54 Å². The van der Waals surface area contributed by atoms with Gasteiger partial charge in [-0.1, -0.05) is 30.3 Å². The minimum atomic E-state index is 0.178. The molecule has 5 heteroatoms. The van der Waals surface area contributed by atoms with Gasteiger partial charge in [0.2, 0.25) is 0 Å². The Bertz CT molecular complexity index is 706. The van der Waals surface area contributed by atoms with Crippen LogP contribution in [0.2, 0.25) is 0 Å². The molecule has 0 aliphatic heterocycles. The summed E-state index contributed by atoms with van der Waals surface area (Å²) >= 11 is 0. The summed E-state index contributed by atoms with van der Waals surface area (Å²) < 4.78 is 0. The molecule has 19 heavy (non-hydrogen) atoms. The van der Waals surface area contributed by atoms with Gasteiger partial charge in [0.15, 0.2) is 0 Å². The van der Waals surface area contributed by atoms with Gasteiger partial charge >= 0.3 is 0 Å². The number of phenols is 1. The Balaban J connectivity index is 1.92. The molecule has 3 rings (SSSR count). The van der Waals surface area contributed by atoms with Gasteiger partial charge in [-0.15, -0.1) is 0 Å². The second-order valence-electron chi connectivity index (χ2n) is 4.31. The number of rotatable bonds is 3. The zero-order chi connectivity index (χ0) is 13.2. The van der Waals surface area contributed by atoms with E-state index in [1.165, 1.54) is 0 Å². The summed E-state index contributed by atoms with van der Waals surface area (Å²) in [6.45, 7) is 0.632. The number of aromatic nitrogens is 2. The zero-order valence-corrected chi connectivity index (χ0v) is 10.2. The second-order valence-corrected chi connectivity index (χ2v) is 4.31. The molecular formula is C14H14N4O. The monoisotopic (exact) mass is 254 g/mol. The first-order chi connectivity index (χ1) is 9.25. The molecule has 0 aliphatic carbocycles. The summed E-state index contributed by atoms with van der Waals surface area (Å²) in [4.78, 5) is 1.59. The first kappa shape index (κ1) is 11.4. The number of nitrogen functional groups attached to an aromatic ring is 1. The Morgan fingerprint density at radius 2 is 1.95 bits per heavy atom. The van der Waals surface area contributed by atoms with Crippen molar-refractivity contribution in [2.24, 2.45) is 0 Å². The van der Waals surface area contributed by atoms with Gasteiger partial charge in [-0.3, -0.25) is 0 Å². The molecule has 0 spiro atoms. The average Bonchev–Trinajstić information content (AvgIpc) is 2.87. The van der Waals surface area contributed by atoms with Crippen LogP contribution >= 0.6 is 0 Å². The Morgan fingerprint density at radius 1 is 1.16 bits per heavy atom. The maximum absolute atomic E-state index is 9.76. The lowest BCUT2D eigenvalue weighted by Gasteiger charge is -2.09. The fourth-order valence-corrected chi connectivity index (χ4v) is 2.03. The van der Waals surface area contributed by atoms with E-state index in [-0.39, 0.29) is 5.75 Å². The predicted molar refractivity (Wildman–Crippen MR) is 75.3 cm³/mol. The molecule has 96 valence electrons. The summed E-state index contributed by atoms with van der Waals surface area (Å²) in [5.74, 6) is 0.178. The Hall–Kier alpha value is -2.69. The van der Waals surface area contributed by atoms with Gasteiger partial charge in [-0.05, 0) is 17.7 Å². The van der Waals surface area contributed by atoms with E-state index in [1.807, 2.05) is 30.3 Å². The molecule has 1 heterocycles. The Morgan fingerprint density at radius 3 is 2.74 bits per heavy atom. The molecular weight excluding hydrogens is 240 g/mol. The fourth-order valence-electron chi connectivity index (χ4n) is 2.03. The lowest BCUT2D eigenvalue weighted by molar-refractivity contribution is 0.481. The van der Waals surface area contributed by atoms with Crippen molar-refractivity contribution >= 4 is 16.6 Å². The molecule has 0 radical (unpaired) electrons. The van der Waals surface area contributed by atoms with Crippen LogP contribution in [0.1, 0.15) is 5.56 Å². The molecule has 0 saturated carbocycles. The third-order valence-corrected chi connectivity index (χ3v) is 3.02. The van der Waals surface area contributed by atoms with Crippen LogP contribution in [0.3, 0.4) is 0 Å². The molecule has 1 aromatic heterocycles. The quantitative estimate of drug-likeness (QED) is 0.494. The number of aromatic hydroxyl groups is 1. The van der Waals surface area contributed by atoms with Crippen LogP contribution in [0, 0.1) is 0 Å². The molecule has 0 unspecified atom stereocenters. The summed E-state index contributed by atoms with van der Waals surface area (Å²) in [6, 6.07) is 13.2. The number of nitrogens with zero attached hydrogens (tertiary/aromatic N) is 2. The molecule has 0 fully saturated rings. The molecule has 0 aliphatic rings. The highest BCUT2D eigenvalue weighted by Gasteiger charge is 2.09. The number of hydrogen-bond acceptors (Lipinski definition) is 4. The third-order valence-electron chi connectivity index (χ3n) is 3.02. The number of fused-ring (bicyclic) bond motifs is 1. The van der Waals surface area contributed by atoms with Gasteiger partial charge in [0.25, 0.3) is 0 Å². The van der Waals surface area contributed by atoms with Crippen LogP contribution in [0.15, 0.2) is 48.7 Å². The maximum atomic E-state index is 9.76. The van der Waals surface area contributed by atoms with E-state index in [1.54, 1.807) is 23.1 Å². The van der Waals surface area contributed by atoms with Crippen LogP contribution in [0.5, 0.6) is 5.75 Å². The Kier molecular flexibility index (Phi) is 2.72. The van der Waals surface area contributed by atoms with Gasteiger partial charge < -0.3 is 16.3 Å². The SMILES string of the molecule is Nc1ccc(O)c2cnn(NCc3ccccc3)c12. The third kappa shape index (κ3) is 2.06. The van der Waals surface area contributed by atoms with Crippen molar-refractivity contribution in [1.82, 2.24) is 9.89 Å². The molecule has 2 aromatic carbocycles. The van der Waals surface area contributed by atoms with E-state index >= 15 is 0 Å². The number of anilines is 1. The summed E-state index contributed by atoms with van der Waals surface area (Å²) in [7, 11) is 0. The summed E-state index contributed by atoms with van der Waals surface area (Å²) in [6.07, 6.45) is 1.60. The van der Waals surface area contributed by atoms with E-state index in [4.69, 9.17) is 5.73 Å². The van der Waals surface area contributed by atoms with Crippen molar-refractivity contribution in [2.45, 2.75) is 6.54 Å². The van der Waals surface area contributed by atoms with Crippen molar-refractivity contribution < 1.29 is 5.11 Å². The highest BCUT2D eigenvalue weighted by Crippen LogP contribution is 2.28. The minimum Gasteiger partial charge on any atom is -0.507 e. The summed E-state index contributed by atoms with van der Waals surface area (Å²) in [5.41, 5.74) is 11.5. The number of phenolic OH excluding ortho intramolecular Hbond substituents is 1. The van der Waals surface area contributed by atoms with Crippen molar-refractivity contribution in [3.05, 3.63) is 54.2 Å². The van der Waals surface area contributed by atoms with Crippen LogP contribution in [0.25, 0.3) is 10.9 Å². The van der Waals surface area contributed by atoms with Crippen molar-refractivity contribution in [2.75, 3.05) is 11.2 Å². The van der Waals surface area contributed by atoms with Gasteiger partial charge in [0.1, 0.15) is 11.3 Å². The first-order valence-corrected chi connectivity index (χ1v) is 5.98. The number of nitrogens with one attached hydrogen (secondary N) is 1. The highest BCUT2D eigenvalue weighted by atomic mass is 16.3. The number of hydrogen-bond donors (Lipinski definition) is 3. The van der Waals surface area contributed by atoms with Crippen LogP contribution in [-0.4, -0.2) is 15.0 Å². The standard InChI is InChI=1S/C14H14N4O/c15-12-6-7-13(19)11-9-17-18(14(11)12)16-8-10-4-2-1-3-5-10/h1-7,9,16,19H,8,15H2. The van der Waals surface area contributed by atoms with E-state index in [9.17, 15) is 5.11 Å². The molecule has 3 aromatic rings. The van der Waals surface area contributed by atoms with E-state index in [2.05, 4.69) is 10.5 Å². The molecule has 0 bridgehead atoms. The number of nitrogens with two attached hydrogens (primary N) is 1. The molecule has 4 N–H and O–H groups in total. The van der Waals surface area contributed by atoms with Crippen molar-refractivity contribution in [3.8, 4) is 5.75 Å². The largest absolute Gasteiger partial charge is 0.507 e. The van der Waals surface area contributed by atoms with E-state index < -0.39 is 0 Å². The molecule has 0 amide bonds. The first-order valence-electron chi connectivity index (χ1n) is 5.98. The van der Waals surface area contributed by atoms with Crippen molar-refractivity contribution in [1.29, 1.82) is 0 Å². The van der Waals surface area contributed by atoms with E-state index in [0.717, 1.165) is 5.56 Å². The van der Waals surface area contributed by atoms with Gasteiger partial charge in [0.05, 0.1) is 23.8 Å². The van der Waals surface area contributed by atoms with Crippen molar-refractivity contribution in [3.63, 3.8) is 0 Å². The topological polar surface area (TPSA) is 76.1 Å². The van der Waals surface area contributed by atoms with E-state index in [0.29, 0.717) is 23.1 Å². The minimum absolute atomic E-state index is 0.178. The predicted octanol–water partition coefficient (Wildman–Crippen LogP) is 2.07. The summed E-state index contributed by atoms with van der Waals surface area (Å²) in [5, 5.41) is 14.6. The zero-order valence-electron chi connectivity index (χ0n) is 10.2. The lowest BCUT2D eigenvalue weighted by atomic mass is 10.2. The fraction of sp³-hybridized carbons (Fsp3) is 0.0714. The Labute approximate surface area is 110 Å². The molecule has 0 saturated heterocycles. The highest BCUT2D eigenvalue weighted by molar-refractivity contribution is 5.94. The van der Waals surface area contributed by atoms with Gasteiger partial charge in [-0.2, -0.15) is 9.89 Å².